The minimum absolute atomic E-state index is 0.0673. The lowest BCUT2D eigenvalue weighted by Gasteiger charge is -2.22. The van der Waals surface area contributed by atoms with Crippen LogP contribution in [0.4, 0.5) is 0 Å². The highest BCUT2D eigenvalue weighted by atomic mass is 16.3. The summed E-state index contributed by atoms with van der Waals surface area (Å²) in [6.45, 7) is 4.22. The van der Waals surface area contributed by atoms with Crippen molar-refractivity contribution in [3.05, 3.63) is 60.3 Å². The van der Waals surface area contributed by atoms with Gasteiger partial charge in [-0.2, -0.15) is 0 Å². The molecule has 1 saturated heterocycles. The first-order valence-corrected chi connectivity index (χ1v) is 8.53. The fraction of sp³-hybridized carbons (Fsp3) is 0.316. The predicted octanol–water partition coefficient (Wildman–Crippen LogP) is 2.57. The average molecular weight is 336 g/mol. The molecule has 1 amide bonds. The summed E-state index contributed by atoms with van der Waals surface area (Å²) in [7, 11) is 0. The minimum atomic E-state index is 0.0673. The van der Waals surface area contributed by atoms with Crippen LogP contribution < -0.4 is 0 Å². The number of aromatic nitrogens is 2. The van der Waals surface area contributed by atoms with Crippen LogP contribution >= 0.6 is 0 Å². The number of furan rings is 1. The van der Waals surface area contributed by atoms with E-state index in [0.717, 1.165) is 50.2 Å². The molecule has 1 aromatic carbocycles. The molecule has 1 aliphatic rings. The lowest BCUT2D eigenvalue weighted by molar-refractivity contribution is 0.0761. The maximum Gasteiger partial charge on any atom is 0.253 e. The Balaban J connectivity index is 1.44. The Morgan fingerprint density at radius 3 is 2.76 bits per heavy atom. The fourth-order valence-corrected chi connectivity index (χ4v) is 3.25. The number of hydrogen-bond acceptors (Lipinski definition) is 5. The monoisotopic (exact) mass is 336 g/mol. The molecule has 0 bridgehead atoms. The van der Waals surface area contributed by atoms with E-state index in [4.69, 9.17) is 4.42 Å². The molecule has 2 aromatic heterocycles. The van der Waals surface area contributed by atoms with Gasteiger partial charge in [-0.1, -0.05) is 0 Å². The highest BCUT2D eigenvalue weighted by Crippen LogP contribution is 2.15. The smallest absolute Gasteiger partial charge is 0.253 e. The second-order valence-corrected chi connectivity index (χ2v) is 6.31. The van der Waals surface area contributed by atoms with Crippen molar-refractivity contribution in [3.63, 3.8) is 0 Å². The summed E-state index contributed by atoms with van der Waals surface area (Å²) in [4.78, 5) is 25.7. The van der Waals surface area contributed by atoms with Crippen LogP contribution in [0.15, 0.2) is 53.6 Å². The Morgan fingerprint density at radius 2 is 1.92 bits per heavy atom. The molecule has 0 spiro atoms. The van der Waals surface area contributed by atoms with E-state index >= 15 is 0 Å². The highest BCUT2D eigenvalue weighted by Gasteiger charge is 2.21. The van der Waals surface area contributed by atoms with Gasteiger partial charge >= 0.3 is 0 Å². The van der Waals surface area contributed by atoms with Crippen molar-refractivity contribution in [1.29, 1.82) is 0 Å². The summed E-state index contributed by atoms with van der Waals surface area (Å²) in [5, 5.41) is 0. The van der Waals surface area contributed by atoms with E-state index in [2.05, 4.69) is 14.9 Å². The van der Waals surface area contributed by atoms with Crippen molar-refractivity contribution in [1.82, 2.24) is 19.8 Å². The molecule has 25 heavy (non-hydrogen) atoms. The van der Waals surface area contributed by atoms with Crippen molar-refractivity contribution in [3.8, 4) is 0 Å². The highest BCUT2D eigenvalue weighted by molar-refractivity contribution is 5.97. The summed E-state index contributed by atoms with van der Waals surface area (Å²) in [5.74, 6) is 0.0673. The standard InChI is InChI=1S/C19H20N4O2/c24-19(16-2-3-17-18(12-16)21-6-5-20-17)23-8-1-7-22(9-10-23)13-15-4-11-25-14-15/h2-6,11-12,14H,1,7-10,13H2. The second kappa shape index (κ2) is 7.03. The first-order valence-electron chi connectivity index (χ1n) is 8.53. The summed E-state index contributed by atoms with van der Waals surface area (Å²) in [5.41, 5.74) is 3.41. The van der Waals surface area contributed by atoms with Crippen molar-refractivity contribution in [2.45, 2.75) is 13.0 Å². The van der Waals surface area contributed by atoms with Gasteiger partial charge in [0.1, 0.15) is 0 Å². The van der Waals surface area contributed by atoms with Gasteiger partial charge in [0.05, 0.1) is 23.6 Å². The number of carbonyl (C=O) groups is 1. The molecule has 0 saturated carbocycles. The maximum atomic E-state index is 12.9. The molecular formula is C19H20N4O2. The molecule has 0 unspecified atom stereocenters. The Labute approximate surface area is 146 Å². The predicted molar refractivity (Wildman–Crippen MR) is 94.0 cm³/mol. The SMILES string of the molecule is O=C(c1ccc2nccnc2c1)N1CCCN(Cc2ccoc2)CC1. The summed E-state index contributed by atoms with van der Waals surface area (Å²) < 4.78 is 5.14. The Kier molecular flexibility index (Phi) is 4.43. The van der Waals surface area contributed by atoms with Gasteiger partial charge in [0.15, 0.2) is 0 Å². The summed E-state index contributed by atoms with van der Waals surface area (Å²) >= 11 is 0. The molecule has 0 atom stereocenters. The molecule has 3 aromatic rings. The van der Waals surface area contributed by atoms with E-state index in [1.54, 1.807) is 24.9 Å². The maximum absolute atomic E-state index is 12.9. The number of benzene rings is 1. The largest absolute Gasteiger partial charge is 0.472 e. The zero-order valence-corrected chi connectivity index (χ0v) is 14.0. The number of nitrogens with zero attached hydrogens (tertiary/aromatic N) is 4. The molecular weight excluding hydrogens is 316 g/mol. The number of fused-ring (bicyclic) bond motifs is 1. The van der Waals surface area contributed by atoms with E-state index in [1.165, 1.54) is 5.56 Å². The van der Waals surface area contributed by atoms with Crippen LogP contribution in [-0.2, 0) is 6.54 Å². The van der Waals surface area contributed by atoms with Crippen molar-refractivity contribution in [2.24, 2.45) is 0 Å². The first kappa shape index (κ1) is 15.8. The minimum Gasteiger partial charge on any atom is -0.472 e. The number of amides is 1. The number of hydrogen-bond donors (Lipinski definition) is 0. The third-order valence-electron chi connectivity index (χ3n) is 4.58. The van der Waals surface area contributed by atoms with Crippen molar-refractivity contribution >= 4 is 16.9 Å². The van der Waals surface area contributed by atoms with Gasteiger partial charge in [-0.25, -0.2) is 0 Å². The lowest BCUT2D eigenvalue weighted by atomic mass is 10.1. The normalized spacial score (nSPS) is 16.1. The molecule has 6 nitrogen and oxygen atoms in total. The molecule has 128 valence electrons. The van der Waals surface area contributed by atoms with E-state index in [-0.39, 0.29) is 5.91 Å². The number of carbonyl (C=O) groups excluding carboxylic acids is 1. The van der Waals surface area contributed by atoms with Gasteiger partial charge in [0, 0.05) is 56.2 Å². The molecule has 6 heteroatoms. The van der Waals surface area contributed by atoms with E-state index in [9.17, 15) is 4.79 Å². The zero-order chi connectivity index (χ0) is 17.1. The molecule has 3 heterocycles. The molecule has 1 fully saturated rings. The first-order chi connectivity index (χ1) is 12.3. The summed E-state index contributed by atoms with van der Waals surface area (Å²) in [6.07, 6.45) is 7.76. The zero-order valence-electron chi connectivity index (χ0n) is 14.0. The Morgan fingerprint density at radius 1 is 1.04 bits per heavy atom. The Hall–Kier alpha value is -2.73. The number of rotatable bonds is 3. The quantitative estimate of drug-likeness (QED) is 0.736. The van der Waals surface area contributed by atoms with Crippen molar-refractivity contribution in [2.75, 3.05) is 26.2 Å². The van der Waals surface area contributed by atoms with Crippen LogP contribution in [-0.4, -0.2) is 51.9 Å². The van der Waals surface area contributed by atoms with Crippen LogP contribution in [0, 0.1) is 0 Å². The van der Waals surface area contributed by atoms with Gasteiger partial charge in [0.2, 0.25) is 0 Å². The van der Waals surface area contributed by atoms with E-state index < -0.39 is 0 Å². The van der Waals surface area contributed by atoms with Gasteiger partial charge in [-0.15, -0.1) is 0 Å². The topological polar surface area (TPSA) is 62.5 Å². The second-order valence-electron chi connectivity index (χ2n) is 6.31. The molecule has 1 aliphatic heterocycles. The average Bonchev–Trinajstić information content (AvgIpc) is 3.05. The molecule has 0 aliphatic carbocycles. The van der Waals surface area contributed by atoms with Gasteiger partial charge in [-0.05, 0) is 30.7 Å². The van der Waals surface area contributed by atoms with Crippen LogP contribution in [0.3, 0.4) is 0 Å². The van der Waals surface area contributed by atoms with Gasteiger partial charge in [-0.3, -0.25) is 19.7 Å². The van der Waals surface area contributed by atoms with Crippen LogP contribution in [0.1, 0.15) is 22.3 Å². The third kappa shape index (κ3) is 3.53. The third-order valence-corrected chi connectivity index (χ3v) is 4.58. The van der Waals surface area contributed by atoms with Gasteiger partial charge < -0.3 is 9.32 Å². The summed E-state index contributed by atoms with van der Waals surface area (Å²) in [6, 6.07) is 7.52. The molecule has 0 N–H and O–H groups in total. The lowest BCUT2D eigenvalue weighted by Crippen LogP contribution is -2.35. The van der Waals surface area contributed by atoms with Crippen LogP contribution in [0.5, 0.6) is 0 Å². The molecule has 4 rings (SSSR count). The fourth-order valence-electron chi connectivity index (χ4n) is 3.25. The van der Waals surface area contributed by atoms with Gasteiger partial charge in [0.25, 0.3) is 5.91 Å². The van der Waals surface area contributed by atoms with Crippen LogP contribution in [0.2, 0.25) is 0 Å². The van der Waals surface area contributed by atoms with E-state index in [1.807, 2.05) is 29.2 Å². The molecule has 0 radical (unpaired) electrons. The van der Waals surface area contributed by atoms with Crippen molar-refractivity contribution < 1.29 is 9.21 Å². The Bertz CT molecular complexity index is 863. The van der Waals surface area contributed by atoms with E-state index in [0.29, 0.717) is 5.56 Å². The van der Waals surface area contributed by atoms with Crippen LogP contribution in [0.25, 0.3) is 11.0 Å².